The Hall–Kier alpha value is -2.07. The largest absolute Gasteiger partial charge is 0.398 e. The Morgan fingerprint density at radius 1 is 1.25 bits per heavy atom. The van der Waals surface area contributed by atoms with Gasteiger partial charge in [-0.25, -0.2) is 4.39 Å². The molecule has 0 aliphatic rings. The minimum atomic E-state index is -0.702. The van der Waals surface area contributed by atoms with Crippen LogP contribution >= 0.6 is 11.6 Å². The van der Waals surface area contributed by atoms with Crippen molar-refractivity contribution in [2.75, 3.05) is 12.8 Å². The predicted molar refractivity (Wildman–Crippen MR) is 78.1 cm³/mol. The van der Waals surface area contributed by atoms with Gasteiger partial charge in [-0.05, 0) is 23.8 Å². The third kappa shape index (κ3) is 2.91. The second kappa shape index (κ2) is 5.92. The van der Waals surface area contributed by atoms with Gasteiger partial charge in [-0.1, -0.05) is 35.9 Å². The smallest absolute Gasteiger partial charge is 0.256 e. The minimum Gasteiger partial charge on any atom is -0.398 e. The van der Waals surface area contributed by atoms with E-state index in [1.807, 2.05) is 18.2 Å². The van der Waals surface area contributed by atoms with Crippen molar-refractivity contribution in [3.63, 3.8) is 0 Å². The fraction of sp³-hybridized carbons (Fsp3) is 0.133. The number of halogens is 2. The van der Waals surface area contributed by atoms with Gasteiger partial charge in [0.2, 0.25) is 0 Å². The van der Waals surface area contributed by atoms with E-state index >= 15 is 0 Å². The summed E-state index contributed by atoms with van der Waals surface area (Å²) in [5.74, 6) is -1.14. The maximum absolute atomic E-state index is 13.8. The number of nitrogens with two attached hydrogens (primary N) is 1. The van der Waals surface area contributed by atoms with Gasteiger partial charge in [0.1, 0.15) is 0 Å². The lowest BCUT2D eigenvalue weighted by molar-refractivity contribution is 0.0781. The zero-order valence-electron chi connectivity index (χ0n) is 10.9. The van der Waals surface area contributed by atoms with E-state index in [9.17, 15) is 9.18 Å². The molecule has 0 unspecified atom stereocenters. The molecule has 0 radical (unpaired) electrons. The normalized spacial score (nSPS) is 10.3. The van der Waals surface area contributed by atoms with Crippen LogP contribution < -0.4 is 5.73 Å². The van der Waals surface area contributed by atoms with Crippen molar-refractivity contribution in [3.8, 4) is 0 Å². The van der Waals surface area contributed by atoms with Crippen LogP contribution in [0.2, 0.25) is 5.02 Å². The predicted octanol–water partition coefficient (Wildman–Crippen LogP) is 3.33. The van der Waals surface area contributed by atoms with Crippen molar-refractivity contribution < 1.29 is 9.18 Å². The number of carbonyl (C=O) groups excluding carboxylic acids is 1. The van der Waals surface area contributed by atoms with Crippen LogP contribution in [-0.4, -0.2) is 17.9 Å². The van der Waals surface area contributed by atoms with Crippen molar-refractivity contribution in [2.24, 2.45) is 0 Å². The molecule has 3 nitrogen and oxygen atoms in total. The van der Waals surface area contributed by atoms with Gasteiger partial charge in [0.15, 0.2) is 5.82 Å². The van der Waals surface area contributed by atoms with Gasteiger partial charge >= 0.3 is 0 Å². The topological polar surface area (TPSA) is 46.3 Å². The number of nitrogens with zero attached hydrogens (tertiary/aromatic N) is 1. The molecule has 0 atom stereocenters. The van der Waals surface area contributed by atoms with E-state index in [0.717, 1.165) is 5.56 Å². The van der Waals surface area contributed by atoms with Gasteiger partial charge in [-0.3, -0.25) is 4.79 Å². The lowest BCUT2D eigenvalue weighted by atomic mass is 10.1. The highest BCUT2D eigenvalue weighted by Crippen LogP contribution is 2.20. The van der Waals surface area contributed by atoms with E-state index in [0.29, 0.717) is 12.2 Å². The molecule has 2 aromatic carbocycles. The Morgan fingerprint density at radius 3 is 2.65 bits per heavy atom. The highest BCUT2D eigenvalue weighted by Gasteiger charge is 2.18. The molecule has 0 fully saturated rings. The van der Waals surface area contributed by atoms with Crippen LogP contribution in [0.3, 0.4) is 0 Å². The molecule has 2 aromatic rings. The Labute approximate surface area is 121 Å². The summed E-state index contributed by atoms with van der Waals surface area (Å²) in [6.07, 6.45) is 0. The summed E-state index contributed by atoms with van der Waals surface area (Å²) in [4.78, 5) is 13.6. The minimum absolute atomic E-state index is 0.0468. The number of hydrogen-bond donors (Lipinski definition) is 1. The molecule has 0 spiro atoms. The third-order valence-electron chi connectivity index (χ3n) is 2.99. The number of para-hydroxylation sites is 1. The third-order valence-corrected chi connectivity index (χ3v) is 3.28. The first-order valence-electron chi connectivity index (χ1n) is 6.03. The van der Waals surface area contributed by atoms with Crippen molar-refractivity contribution in [3.05, 3.63) is 64.4 Å². The second-order valence-electron chi connectivity index (χ2n) is 4.46. The van der Waals surface area contributed by atoms with E-state index in [4.69, 9.17) is 17.3 Å². The maximum Gasteiger partial charge on any atom is 0.256 e. The van der Waals surface area contributed by atoms with Crippen LogP contribution in [0.1, 0.15) is 15.9 Å². The van der Waals surface area contributed by atoms with Gasteiger partial charge in [0.25, 0.3) is 5.91 Å². The van der Waals surface area contributed by atoms with E-state index in [1.54, 1.807) is 19.2 Å². The lowest BCUT2D eigenvalue weighted by Crippen LogP contribution is -2.27. The van der Waals surface area contributed by atoms with Crippen molar-refractivity contribution in [1.29, 1.82) is 0 Å². The molecule has 104 valence electrons. The van der Waals surface area contributed by atoms with Crippen LogP contribution in [0.15, 0.2) is 42.5 Å². The Balaban J connectivity index is 2.21. The van der Waals surface area contributed by atoms with Crippen molar-refractivity contribution in [2.45, 2.75) is 6.54 Å². The summed E-state index contributed by atoms with van der Waals surface area (Å²) in [7, 11) is 1.59. The number of nitrogen functional groups attached to an aromatic ring is 1. The first kappa shape index (κ1) is 14.3. The molecule has 0 aromatic heterocycles. The van der Waals surface area contributed by atoms with E-state index in [1.165, 1.54) is 17.0 Å². The van der Waals surface area contributed by atoms with Crippen LogP contribution in [0.25, 0.3) is 0 Å². The lowest BCUT2D eigenvalue weighted by Gasteiger charge is -2.18. The molecule has 5 heteroatoms. The van der Waals surface area contributed by atoms with Crippen LogP contribution in [0.5, 0.6) is 0 Å². The average molecular weight is 293 g/mol. The average Bonchev–Trinajstić information content (AvgIpc) is 2.43. The summed E-state index contributed by atoms with van der Waals surface area (Å²) in [6.45, 7) is 0.303. The maximum atomic E-state index is 13.8. The van der Waals surface area contributed by atoms with Crippen LogP contribution in [0, 0.1) is 5.82 Å². The fourth-order valence-electron chi connectivity index (χ4n) is 1.88. The van der Waals surface area contributed by atoms with Crippen LogP contribution in [-0.2, 0) is 6.54 Å². The molecule has 0 aliphatic heterocycles. The highest BCUT2D eigenvalue weighted by atomic mass is 35.5. The van der Waals surface area contributed by atoms with Gasteiger partial charge in [-0.2, -0.15) is 0 Å². The Bertz CT molecular complexity index is 646. The summed E-state index contributed by atoms with van der Waals surface area (Å²) >= 11 is 5.68. The zero-order valence-corrected chi connectivity index (χ0v) is 11.7. The molecular weight excluding hydrogens is 279 g/mol. The number of hydrogen-bond acceptors (Lipinski definition) is 2. The molecule has 20 heavy (non-hydrogen) atoms. The zero-order chi connectivity index (χ0) is 14.7. The SMILES string of the molecule is CN(Cc1ccccc1N)C(=O)c1cccc(Cl)c1F. The summed E-state index contributed by atoms with van der Waals surface area (Å²) in [5, 5.41) is -0.0662. The van der Waals surface area contributed by atoms with E-state index in [-0.39, 0.29) is 10.6 Å². The van der Waals surface area contributed by atoms with Gasteiger partial charge in [0, 0.05) is 19.3 Å². The van der Waals surface area contributed by atoms with Crippen molar-refractivity contribution >= 4 is 23.2 Å². The van der Waals surface area contributed by atoms with Gasteiger partial charge < -0.3 is 10.6 Å². The molecule has 2 N–H and O–H groups in total. The summed E-state index contributed by atoms with van der Waals surface area (Å²) < 4.78 is 13.8. The van der Waals surface area contributed by atoms with Gasteiger partial charge in [-0.15, -0.1) is 0 Å². The fourth-order valence-corrected chi connectivity index (χ4v) is 2.05. The molecule has 0 heterocycles. The molecule has 0 saturated carbocycles. The molecular formula is C15H14ClFN2O. The molecule has 1 amide bonds. The monoisotopic (exact) mass is 292 g/mol. The number of benzene rings is 2. The van der Waals surface area contributed by atoms with Gasteiger partial charge in [0.05, 0.1) is 10.6 Å². The number of carbonyl (C=O) groups is 1. The molecule has 0 bridgehead atoms. The Morgan fingerprint density at radius 2 is 1.95 bits per heavy atom. The van der Waals surface area contributed by atoms with E-state index in [2.05, 4.69) is 0 Å². The number of anilines is 1. The highest BCUT2D eigenvalue weighted by molar-refractivity contribution is 6.31. The second-order valence-corrected chi connectivity index (χ2v) is 4.87. The standard InChI is InChI=1S/C15H14ClFN2O/c1-19(9-10-5-2-3-8-13(10)18)15(20)11-6-4-7-12(16)14(11)17/h2-8H,9,18H2,1H3. The Kier molecular flexibility index (Phi) is 4.25. The molecule has 2 rings (SSSR count). The van der Waals surface area contributed by atoms with Crippen molar-refractivity contribution in [1.82, 2.24) is 4.90 Å². The summed E-state index contributed by atoms with van der Waals surface area (Å²) in [5.41, 5.74) is 7.19. The first-order valence-corrected chi connectivity index (χ1v) is 6.41. The first-order chi connectivity index (χ1) is 9.50. The number of rotatable bonds is 3. The molecule has 0 aliphatic carbocycles. The van der Waals surface area contributed by atoms with E-state index < -0.39 is 11.7 Å². The molecule has 0 saturated heterocycles. The van der Waals surface area contributed by atoms with Crippen LogP contribution in [0.4, 0.5) is 10.1 Å². The quantitative estimate of drug-likeness (QED) is 0.882. The number of amides is 1. The summed E-state index contributed by atoms with van der Waals surface area (Å²) in [6, 6.07) is 11.6.